The summed E-state index contributed by atoms with van der Waals surface area (Å²) in [6.45, 7) is 4.34. The number of ether oxygens (including phenoxy) is 1. The molecule has 0 unspecified atom stereocenters. The van der Waals surface area contributed by atoms with Crippen LogP contribution in [0.3, 0.4) is 0 Å². The number of carbonyl (C=O) groups excluding carboxylic acids is 1. The number of carbonyl (C=O) groups is 1. The number of nitrogens with zero attached hydrogens (tertiary/aromatic N) is 4. The molecular formula is C20H24N4O3. The first-order valence-corrected chi connectivity index (χ1v) is 9.60. The minimum atomic E-state index is -0.0581. The van der Waals surface area contributed by atoms with E-state index >= 15 is 0 Å². The van der Waals surface area contributed by atoms with Crippen LogP contribution in [0.15, 0.2) is 35.1 Å². The number of hydrogen-bond acceptors (Lipinski definition) is 6. The number of hydrogen-bond donors (Lipinski definition) is 0. The fourth-order valence-corrected chi connectivity index (χ4v) is 4.95. The van der Waals surface area contributed by atoms with Gasteiger partial charge >= 0.3 is 0 Å². The van der Waals surface area contributed by atoms with Crippen molar-refractivity contribution in [2.45, 2.75) is 18.9 Å². The van der Waals surface area contributed by atoms with Crippen LogP contribution in [0.2, 0.25) is 0 Å². The van der Waals surface area contributed by atoms with E-state index in [9.17, 15) is 4.79 Å². The van der Waals surface area contributed by atoms with E-state index in [1.165, 1.54) is 6.26 Å². The summed E-state index contributed by atoms with van der Waals surface area (Å²) >= 11 is 0. The predicted molar refractivity (Wildman–Crippen MR) is 98.0 cm³/mol. The SMILES string of the molecule is CN1CCC2(CC1)CN(C(=O)c1coc(-c3ccccn3)n1)[C@@H]1COC[C@@H]12. The second-order valence-electron chi connectivity index (χ2n) is 8.06. The maximum Gasteiger partial charge on any atom is 0.276 e. The summed E-state index contributed by atoms with van der Waals surface area (Å²) in [6.07, 6.45) is 5.38. The van der Waals surface area contributed by atoms with Gasteiger partial charge in [0.1, 0.15) is 12.0 Å². The monoisotopic (exact) mass is 368 g/mol. The molecule has 3 aliphatic heterocycles. The standard InChI is InChI=1S/C20H24N4O3/c1-23-8-5-20(6-9-23)13-24(17-12-26-10-14(17)20)19(25)16-11-27-18(22-16)15-4-2-3-7-21-15/h2-4,7,11,14,17H,5-6,8-10,12-13H2,1H3/t14-,17+/m0/s1. The zero-order chi connectivity index (χ0) is 18.4. The van der Waals surface area contributed by atoms with Gasteiger partial charge in [0, 0.05) is 18.7 Å². The van der Waals surface area contributed by atoms with Crippen LogP contribution in [0.5, 0.6) is 0 Å². The second-order valence-corrected chi connectivity index (χ2v) is 8.06. The van der Waals surface area contributed by atoms with Gasteiger partial charge in [0.2, 0.25) is 5.89 Å². The summed E-state index contributed by atoms with van der Waals surface area (Å²) in [4.78, 5) is 26.3. The average molecular weight is 368 g/mol. The minimum Gasteiger partial charge on any atom is -0.442 e. The van der Waals surface area contributed by atoms with Gasteiger partial charge in [0.15, 0.2) is 5.69 Å². The first-order chi connectivity index (χ1) is 13.2. The van der Waals surface area contributed by atoms with Crippen LogP contribution < -0.4 is 0 Å². The lowest BCUT2D eigenvalue weighted by Gasteiger charge is -2.40. The summed E-state index contributed by atoms with van der Waals surface area (Å²) in [7, 11) is 2.17. The molecule has 3 aliphatic rings. The second kappa shape index (κ2) is 6.42. The van der Waals surface area contributed by atoms with Gasteiger partial charge in [-0.2, -0.15) is 0 Å². The summed E-state index contributed by atoms with van der Waals surface area (Å²) in [6, 6.07) is 5.68. The van der Waals surface area contributed by atoms with Crippen LogP contribution in [0.25, 0.3) is 11.6 Å². The predicted octanol–water partition coefficient (Wildman–Crippen LogP) is 1.92. The topological polar surface area (TPSA) is 71.7 Å². The Hall–Kier alpha value is -2.25. The number of piperidine rings is 1. The van der Waals surface area contributed by atoms with Gasteiger partial charge in [-0.3, -0.25) is 9.78 Å². The van der Waals surface area contributed by atoms with Crippen molar-refractivity contribution in [3.05, 3.63) is 36.4 Å². The summed E-state index contributed by atoms with van der Waals surface area (Å²) in [5.74, 6) is 0.751. The van der Waals surface area contributed by atoms with Crippen LogP contribution in [0, 0.1) is 11.3 Å². The molecule has 0 N–H and O–H groups in total. The van der Waals surface area contributed by atoms with E-state index in [2.05, 4.69) is 21.9 Å². The van der Waals surface area contributed by atoms with Crippen molar-refractivity contribution < 1.29 is 13.9 Å². The molecule has 0 aromatic carbocycles. The van der Waals surface area contributed by atoms with E-state index in [1.807, 2.05) is 23.1 Å². The first-order valence-electron chi connectivity index (χ1n) is 9.60. The third kappa shape index (κ3) is 2.76. The normalized spacial score (nSPS) is 27.2. The highest BCUT2D eigenvalue weighted by molar-refractivity contribution is 5.93. The third-order valence-electron chi connectivity index (χ3n) is 6.57. The van der Waals surface area contributed by atoms with Crippen molar-refractivity contribution in [2.75, 3.05) is 39.9 Å². The third-order valence-corrected chi connectivity index (χ3v) is 6.57. The lowest BCUT2D eigenvalue weighted by atomic mass is 9.70. The molecule has 0 aliphatic carbocycles. The van der Waals surface area contributed by atoms with Crippen LogP contribution in [0.4, 0.5) is 0 Å². The molecule has 2 atom stereocenters. The average Bonchev–Trinajstić information content (AvgIpc) is 3.42. The zero-order valence-electron chi connectivity index (χ0n) is 15.5. The molecule has 0 saturated carbocycles. The number of aromatic nitrogens is 2. The maximum atomic E-state index is 13.2. The fourth-order valence-electron chi connectivity index (χ4n) is 4.95. The van der Waals surface area contributed by atoms with Crippen LogP contribution >= 0.6 is 0 Å². The van der Waals surface area contributed by atoms with E-state index in [0.717, 1.165) is 39.1 Å². The van der Waals surface area contributed by atoms with Gasteiger partial charge in [-0.1, -0.05) is 6.07 Å². The van der Waals surface area contributed by atoms with Crippen LogP contribution in [-0.4, -0.2) is 71.6 Å². The van der Waals surface area contributed by atoms with Crippen molar-refractivity contribution in [2.24, 2.45) is 11.3 Å². The van der Waals surface area contributed by atoms with E-state index in [4.69, 9.17) is 9.15 Å². The van der Waals surface area contributed by atoms with E-state index in [-0.39, 0.29) is 17.4 Å². The number of likely N-dealkylation sites (tertiary alicyclic amines) is 2. The molecule has 2 aromatic rings. The molecule has 0 radical (unpaired) electrons. The van der Waals surface area contributed by atoms with Gasteiger partial charge < -0.3 is 19.0 Å². The molecular weight excluding hydrogens is 344 g/mol. The van der Waals surface area contributed by atoms with Gasteiger partial charge in [-0.05, 0) is 50.5 Å². The Balaban J connectivity index is 1.40. The van der Waals surface area contributed by atoms with Crippen molar-refractivity contribution in [1.29, 1.82) is 0 Å². The van der Waals surface area contributed by atoms with E-state index in [0.29, 0.717) is 29.8 Å². The minimum absolute atomic E-state index is 0.0581. The number of fused-ring (bicyclic) bond motifs is 2. The van der Waals surface area contributed by atoms with Crippen LogP contribution in [0.1, 0.15) is 23.3 Å². The Morgan fingerprint density at radius 2 is 2.11 bits per heavy atom. The molecule has 5 heterocycles. The molecule has 7 heteroatoms. The summed E-state index contributed by atoms with van der Waals surface area (Å²) < 4.78 is 11.3. The Morgan fingerprint density at radius 3 is 2.89 bits per heavy atom. The molecule has 5 rings (SSSR count). The van der Waals surface area contributed by atoms with Crippen LogP contribution in [-0.2, 0) is 4.74 Å². The lowest BCUT2D eigenvalue weighted by molar-refractivity contribution is 0.0495. The Morgan fingerprint density at radius 1 is 1.26 bits per heavy atom. The van der Waals surface area contributed by atoms with Crippen molar-refractivity contribution in [3.8, 4) is 11.6 Å². The molecule has 1 amide bonds. The highest BCUT2D eigenvalue weighted by Gasteiger charge is 2.56. The Labute approximate surface area is 158 Å². The van der Waals surface area contributed by atoms with Gasteiger partial charge in [0.25, 0.3) is 5.91 Å². The fraction of sp³-hybridized carbons (Fsp3) is 0.550. The Bertz CT molecular complexity index is 829. The van der Waals surface area contributed by atoms with E-state index < -0.39 is 0 Å². The first kappa shape index (κ1) is 16.9. The summed E-state index contributed by atoms with van der Waals surface area (Å²) in [5.41, 5.74) is 1.16. The maximum absolute atomic E-state index is 13.2. The summed E-state index contributed by atoms with van der Waals surface area (Å²) in [5, 5.41) is 0. The smallest absolute Gasteiger partial charge is 0.276 e. The molecule has 2 aromatic heterocycles. The Kier molecular flexibility index (Phi) is 4.02. The number of oxazole rings is 1. The van der Waals surface area contributed by atoms with Crippen molar-refractivity contribution >= 4 is 5.91 Å². The highest BCUT2D eigenvalue weighted by atomic mass is 16.5. The van der Waals surface area contributed by atoms with Crippen molar-refractivity contribution in [3.63, 3.8) is 0 Å². The lowest BCUT2D eigenvalue weighted by Crippen LogP contribution is -2.43. The molecule has 27 heavy (non-hydrogen) atoms. The molecule has 3 saturated heterocycles. The molecule has 7 nitrogen and oxygen atoms in total. The van der Waals surface area contributed by atoms with Gasteiger partial charge in [0.05, 0.1) is 19.3 Å². The number of amides is 1. The highest BCUT2D eigenvalue weighted by Crippen LogP contribution is 2.50. The molecule has 1 spiro atoms. The van der Waals surface area contributed by atoms with Gasteiger partial charge in [-0.15, -0.1) is 0 Å². The quantitative estimate of drug-likeness (QED) is 0.807. The van der Waals surface area contributed by atoms with Gasteiger partial charge in [-0.25, -0.2) is 4.98 Å². The molecule has 142 valence electrons. The zero-order valence-corrected chi connectivity index (χ0v) is 15.5. The molecule has 0 bridgehead atoms. The largest absolute Gasteiger partial charge is 0.442 e. The number of rotatable bonds is 2. The van der Waals surface area contributed by atoms with E-state index in [1.54, 1.807) is 6.20 Å². The molecule has 3 fully saturated rings. The number of pyridine rings is 1. The van der Waals surface area contributed by atoms with Crippen molar-refractivity contribution in [1.82, 2.24) is 19.8 Å².